The van der Waals surface area contributed by atoms with Gasteiger partial charge in [0.25, 0.3) is 0 Å². The van der Waals surface area contributed by atoms with E-state index in [-0.39, 0.29) is 0 Å². The molecule has 17 heavy (non-hydrogen) atoms. The lowest BCUT2D eigenvalue weighted by Crippen LogP contribution is -2.30. The molecule has 0 aromatic carbocycles. The Morgan fingerprint density at radius 1 is 1.53 bits per heavy atom. The van der Waals surface area contributed by atoms with Crippen LogP contribution < -0.4 is 10.6 Å². The highest BCUT2D eigenvalue weighted by Crippen LogP contribution is 2.37. The number of aromatic nitrogens is 1. The van der Waals surface area contributed by atoms with Crippen LogP contribution in [0.15, 0.2) is 0 Å². The maximum atomic E-state index is 5.79. The Bertz CT molecular complexity index is 371. The van der Waals surface area contributed by atoms with Crippen LogP contribution >= 0.6 is 11.3 Å². The Balaban J connectivity index is 2.13. The van der Waals surface area contributed by atoms with Crippen molar-refractivity contribution in [2.75, 3.05) is 11.9 Å². The van der Waals surface area contributed by atoms with E-state index >= 15 is 0 Å². The maximum absolute atomic E-state index is 5.79. The van der Waals surface area contributed by atoms with E-state index in [9.17, 15) is 0 Å². The molecule has 4 heteroatoms. The van der Waals surface area contributed by atoms with Crippen LogP contribution in [-0.4, -0.2) is 18.1 Å². The zero-order valence-corrected chi connectivity index (χ0v) is 11.9. The molecule has 0 radical (unpaired) electrons. The first kappa shape index (κ1) is 12.8. The van der Waals surface area contributed by atoms with Gasteiger partial charge in [-0.15, -0.1) is 11.3 Å². The van der Waals surface area contributed by atoms with E-state index in [4.69, 9.17) is 10.7 Å². The summed E-state index contributed by atoms with van der Waals surface area (Å²) in [5.41, 5.74) is 7.01. The van der Waals surface area contributed by atoms with Crippen molar-refractivity contribution in [3.8, 4) is 0 Å². The molecule has 0 amide bonds. The van der Waals surface area contributed by atoms with Crippen LogP contribution in [0.5, 0.6) is 0 Å². The van der Waals surface area contributed by atoms with Gasteiger partial charge in [0.1, 0.15) is 0 Å². The van der Waals surface area contributed by atoms with E-state index in [1.165, 1.54) is 23.4 Å². The van der Waals surface area contributed by atoms with Crippen molar-refractivity contribution in [1.82, 2.24) is 4.98 Å². The predicted molar refractivity (Wildman–Crippen MR) is 74.6 cm³/mol. The summed E-state index contributed by atoms with van der Waals surface area (Å²) in [6, 6.07) is 0.612. The van der Waals surface area contributed by atoms with Crippen LogP contribution in [0.25, 0.3) is 0 Å². The molecule has 96 valence electrons. The Hall–Kier alpha value is -0.610. The lowest BCUT2D eigenvalue weighted by Gasteiger charge is -2.23. The molecule has 1 unspecified atom stereocenters. The zero-order valence-electron chi connectivity index (χ0n) is 11.1. The molecule has 1 heterocycles. The van der Waals surface area contributed by atoms with Crippen LogP contribution in [-0.2, 0) is 13.0 Å². The van der Waals surface area contributed by atoms with Gasteiger partial charge in [-0.05, 0) is 32.1 Å². The molecule has 1 aliphatic carbocycles. The number of anilines is 1. The first-order valence-electron chi connectivity index (χ1n) is 6.58. The topological polar surface area (TPSA) is 42.2 Å². The molecule has 0 bridgehead atoms. The van der Waals surface area contributed by atoms with Gasteiger partial charge >= 0.3 is 0 Å². The molecule has 1 fully saturated rings. The second-order valence-corrected chi connectivity index (χ2v) is 6.07. The molecular formula is C13H23N3S. The van der Waals surface area contributed by atoms with Gasteiger partial charge < -0.3 is 10.6 Å². The zero-order chi connectivity index (χ0) is 12.4. The quantitative estimate of drug-likeness (QED) is 0.847. The van der Waals surface area contributed by atoms with Gasteiger partial charge in [0.2, 0.25) is 0 Å². The molecule has 1 atom stereocenters. The van der Waals surface area contributed by atoms with Crippen molar-refractivity contribution < 1.29 is 0 Å². The lowest BCUT2D eigenvalue weighted by molar-refractivity contribution is 0.607. The minimum atomic E-state index is 0.612. The third-order valence-electron chi connectivity index (χ3n) is 3.66. The van der Waals surface area contributed by atoms with E-state index in [1.807, 2.05) is 0 Å². The minimum absolute atomic E-state index is 0.612. The van der Waals surface area contributed by atoms with Crippen molar-refractivity contribution >= 4 is 16.5 Å². The van der Waals surface area contributed by atoms with Gasteiger partial charge in [-0.3, -0.25) is 0 Å². The molecule has 1 aromatic rings. The van der Waals surface area contributed by atoms with E-state index in [0.29, 0.717) is 12.6 Å². The number of aryl methyl sites for hydroxylation is 1. The highest BCUT2D eigenvalue weighted by atomic mass is 32.1. The molecule has 0 aliphatic heterocycles. The fourth-order valence-corrected chi connectivity index (χ4v) is 3.22. The number of hydrogen-bond acceptors (Lipinski definition) is 4. The molecule has 2 N–H and O–H groups in total. The monoisotopic (exact) mass is 253 g/mol. The maximum Gasteiger partial charge on any atom is 0.185 e. The summed E-state index contributed by atoms with van der Waals surface area (Å²) in [6.45, 7) is 5.12. The van der Waals surface area contributed by atoms with Gasteiger partial charge in [0.15, 0.2) is 5.13 Å². The summed E-state index contributed by atoms with van der Waals surface area (Å²) in [7, 11) is 2.16. The summed E-state index contributed by atoms with van der Waals surface area (Å²) in [5.74, 6) is 0.875. The summed E-state index contributed by atoms with van der Waals surface area (Å²) < 4.78 is 0. The van der Waals surface area contributed by atoms with Gasteiger partial charge in [-0.1, -0.05) is 13.3 Å². The number of rotatable bonds is 6. The fourth-order valence-electron chi connectivity index (χ4n) is 2.18. The molecular weight excluding hydrogens is 230 g/mol. The Kier molecular flexibility index (Phi) is 4.05. The Morgan fingerprint density at radius 3 is 2.76 bits per heavy atom. The molecule has 2 rings (SSSR count). The summed E-state index contributed by atoms with van der Waals surface area (Å²) in [5, 5.41) is 1.15. The SMILES string of the molecule is CCCc1nc(N(C)C(C)C2CC2)sc1CN. The molecule has 1 aliphatic rings. The Labute approximate surface area is 108 Å². The summed E-state index contributed by atoms with van der Waals surface area (Å²) in [6.07, 6.45) is 4.94. The standard InChI is InChI=1S/C13H23N3S/c1-4-5-11-12(8-14)17-13(15-11)16(3)9(2)10-6-7-10/h9-10H,4-8,14H2,1-3H3. The molecule has 0 spiro atoms. The third kappa shape index (κ3) is 2.80. The average molecular weight is 253 g/mol. The van der Waals surface area contributed by atoms with Crippen LogP contribution in [0.4, 0.5) is 5.13 Å². The van der Waals surface area contributed by atoms with E-state index in [0.717, 1.165) is 23.9 Å². The summed E-state index contributed by atoms with van der Waals surface area (Å²) >= 11 is 1.77. The first-order chi connectivity index (χ1) is 8.17. The van der Waals surface area contributed by atoms with Crippen LogP contribution in [0.3, 0.4) is 0 Å². The predicted octanol–water partition coefficient (Wildman–Crippen LogP) is 2.79. The van der Waals surface area contributed by atoms with Gasteiger partial charge in [-0.2, -0.15) is 0 Å². The van der Waals surface area contributed by atoms with Gasteiger partial charge in [0, 0.05) is 24.5 Å². The van der Waals surface area contributed by atoms with Crippen molar-refractivity contribution in [3.63, 3.8) is 0 Å². The highest BCUT2D eigenvalue weighted by Gasteiger charge is 2.31. The van der Waals surface area contributed by atoms with Gasteiger partial charge in [-0.25, -0.2) is 4.98 Å². The molecule has 1 saturated carbocycles. The average Bonchev–Trinajstić information content (AvgIpc) is 3.10. The number of hydrogen-bond donors (Lipinski definition) is 1. The number of thiazole rings is 1. The van der Waals surface area contributed by atoms with Gasteiger partial charge in [0.05, 0.1) is 5.69 Å². The smallest absolute Gasteiger partial charge is 0.185 e. The molecule has 3 nitrogen and oxygen atoms in total. The molecule has 1 aromatic heterocycles. The van der Waals surface area contributed by atoms with Crippen LogP contribution in [0.2, 0.25) is 0 Å². The molecule has 0 saturated heterocycles. The third-order valence-corrected chi connectivity index (χ3v) is 4.87. The first-order valence-corrected chi connectivity index (χ1v) is 7.40. The van der Waals surface area contributed by atoms with E-state index in [1.54, 1.807) is 11.3 Å². The van der Waals surface area contributed by atoms with Crippen molar-refractivity contribution in [2.45, 2.75) is 52.1 Å². The second-order valence-electron chi connectivity index (χ2n) is 5.01. The summed E-state index contributed by atoms with van der Waals surface area (Å²) in [4.78, 5) is 8.36. The normalized spacial score (nSPS) is 17.2. The fraction of sp³-hybridized carbons (Fsp3) is 0.769. The number of nitrogens with two attached hydrogens (primary N) is 1. The Morgan fingerprint density at radius 2 is 2.24 bits per heavy atom. The largest absolute Gasteiger partial charge is 0.348 e. The lowest BCUT2D eigenvalue weighted by atomic mass is 10.2. The van der Waals surface area contributed by atoms with Crippen molar-refractivity contribution in [3.05, 3.63) is 10.6 Å². The van der Waals surface area contributed by atoms with E-state index < -0.39 is 0 Å². The van der Waals surface area contributed by atoms with Crippen molar-refractivity contribution in [1.29, 1.82) is 0 Å². The minimum Gasteiger partial charge on any atom is -0.348 e. The van der Waals surface area contributed by atoms with Crippen LogP contribution in [0, 0.1) is 5.92 Å². The highest BCUT2D eigenvalue weighted by molar-refractivity contribution is 7.15. The second kappa shape index (κ2) is 5.36. The van der Waals surface area contributed by atoms with Crippen molar-refractivity contribution in [2.24, 2.45) is 11.7 Å². The van der Waals surface area contributed by atoms with Crippen LogP contribution in [0.1, 0.15) is 43.7 Å². The van der Waals surface area contributed by atoms with E-state index in [2.05, 4.69) is 25.8 Å². The number of nitrogens with zero attached hydrogens (tertiary/aromatic N) is 2.